The monoisotopic (exact) mass is 644 g/mol. The van der Waals surface area contributed by atoms with Gasteiger partial charge in [0.2, 0.25) is 11.8 Å². The van der Waals surface area contributed by atoms with Crippen molar-refractivity contribution in [3.8, 4) is 0 Å². The van der Waals surface area contributed by atoms with E-state index < -0.39 is 6.29 Å². The number of carbonyl (C=O) groups excluding carboxylic acids is 2. The van der Waals surface area contributed by atoms with Crippen LogP contribution in [0.25, 0.3) is 0 Å². The number of aliphatic hydroxyl groups is 1. The van der Waals surface area contributed by atoms with Crippen molar-refractivity contribution in [3.05, 3.63) is 101 Å². The van der Waals surface area contributed by atoms with Crippen LogP contribution < -0.4 is 16.4 Å². The summed E-state index contributed by atoms with van der Waals surface area (Å²) >= 11 is 1.59. The first kappa shape index (κ1) is 33.1. The molecule has 4 aromatic rings. The predicted octanol–water partition coefficient (Wildman–Crippen LogP) is 5.04. The number of nitrogens with two attached hydrogens (primary N) is 1. The van der Waals surface area contributed by atoms with Crippen LogP contribution in [0.4, 0.5) is 11.4 Å². The van der Waals surface area contributed by atoms with Crippen LogP contribution in [-0.4, -0.2) is 43.5 Å². The molecular weight excluding hydrogens is 604 g/mol. The number of para-hydroxylation sites is 2. The number of aryl methyl sites for hydroxylation is 1. The molecule has 0 spiro atoms. The zero-order chi connectivity index (χ0) is 32.3. The van der Waals surface area contributed by atoms with Gasteiger partial charge >= 0.3 is 0 Å². The minimum atomic E-state index is -0.569. The van der Waals surface area contributed by atoms with Crippen LogP contribution in [0.15, 0.2) is 84.3 Å². The number of hydrogen-bond acceptors (Lipinski definition) is 9. The number of rotatable bonds is 14. The van der Waals surface area contributed by atoms with E-state index in [2.05, 4.69) is 20.8 Å². The number of carbonyl (C=O) groups is 2. The lowest BCUT2D eigenvalue weighted by atomic mass is 10.0. The maximum Gasteiger partial charge on any atom is 0.224 e. The molecule has 11 nitrogen and oxygen atoms in total. The van der Waals surface area contributed by atoms with Gasteiger partial charge in [-0.3, -0.25) is 9.59 Å². The highest BCUT2D eigenvalue weighted by Crippen LogP contribution is 2.39. The summed E-state index contributed by atoms with van der Waals surface area (Å²) in [6, 6.07) is 22.8. The Bertz CT molecular complexity index is 1580. The molecule has 0 radical (unpaired) electrons. The Labute approximate surface area is 272 Å². The molecule has 242 valence electrons. The second-order valence-electron chi connectivity index (χ2n) is 11.2. The topological polar surface area (TPSA) is 154 Å². The third-order valence-corrected chi connectivity index (χ3v) is 8.88. The zero-order valence-electron chi connectivity index (χ0n) is 25.8. The minimum Gasteiger partial charge on any atom is -0.397 e. The third-order valence-electron chi connectivity index (χ3n) is 7.72. The van der Waals surface area contributed by atoms with E-state index in [1.165, 1.54) is 0 Å². The molecule has 46 heavy (non-hydrogen) atoms. The van der Waals surface area contributed by atoms with E-state index in [9.17, 15) is 14.7 Å². The van der Waals surface area contributed by atoms with Crippen LogP contribution in [0.3, 0.4) is 0 Å². The summed E-state index contributed by atoms with van der Waals surface area (Å²) in [4.78, 5) is 24.6. The van der Waals surface area contributed by atoms with Crippen LogP contribution in [0.1, 0.15) is 66.8 Å². The molecule has 1 fully saturated rings. The molecule has 5 N–H and O–H groups in total. The lowest BCUT2D eigenvalue weighted by Gasteiger charge is -2.36. The van der Waals surface area contributed by atoms with Gasteiger partial charge in [-0.05, 0) is 41.7 Å². The van der Waals surface area contributed by atoms with Crippen LogP contribution >= 0.6 is 11.8 Å². The van der Waals surface area contributed by atoms with Crippen molar-refractivity contribution in [1.82, 2.24) is 20.1 Å². The van der Waals surface area contributed by atoms with E-state index in [1.807, 2.05) is 72.3 Å². The second-order valence-corrected chi connectivity index (χ2v) is 12.2. The molecular formula is C34H40N6O5S. The normalized spacial score (nSPS) is 17.8. The van der Waals surface area contributed by atoms with Gasteiger partial charge in [0, 0.05) is 44.2 Å². The molecule has 1 aromatic heterocycles. The molecule has 12 heteroatoms. The number of anilines is 2. The number of nitrogens with one attached hydrogen (secondary N) is 2. The van der Waals surface area contributed by atoms with Gasteiger partial charge in [0.15, 0.2) is 11.4 Å². The first-order valence-corrected chi connectivity index (χ1v) is 16.3. The van der Waals surface area contributed by atoms with Crippen molar-refractivity contribution in [2.75, 3.05) is 16.8 Å². The third kappa shape index (κ3) is 9.39. The van der Waals surface area contributed by atoms with E-state index in [0.717, 1.165) is 27.4 Å². The van der Waals surface area contributed by atoms with Gasteiger partial charge in [-0.2, -0.15) is 0 Å². The Balaban J connectivity index is 1.10. The number of thioether (sulfide) groups is 1. The predicted molar refractivity (Wildman–Crippen MR) is 176 cm³/mol. The van der Waals surface area contributed by atoms with Gasteiger partial charge < -0.3 is 35.5 Å². The smallest absolute Gasteiger partial charge is 0.224 e. The van der Waals surface area contributed by atoms with Gasteiger partial charge in [0.25, 0.3) is 0 Å². The summed E-state index contributed by atoms with van der Waals surface area (Å²) in [6.07, 6.45) is 3.39. The molecule has 3 atom stereocenters. The van der Waals surface area contributed by atoms with Crippen molar-refractivity contribution in [2.24, 2.45) is 7.05 Å². The standard InChI is InChI=1S/C34H40N6O5S/c1-40-22-37-39-34(40)46-21-27-18-30(25-14-12-24(20-41)13-15-25)45-33(44-27)26-16-10-23(11-17-26)19-36-31(42)8-4-5-9-32(43)38-29-7-3-2-6-28(29)35/h2-3,6-7,10-17,22,27,30,33,41H,4-5,8-9,18-21,35H2,1H3,(H,36,42)(H,38,43)/t27-,30+,33+/m0/s1. The summed E-state index contributed by atoms with van der Waals surface area (Å²) in [5.41, 5.74) is 10.7. The number of aliphatic hydroxyl groups excluding tert-OH is 1. The van der Waals surface area contributed by atoms with Crippen molar-refractivity contribution in [2.45, 2.75) is 68.9 Å². The van der Waals surface area contributed by atoms with Crippen LogP contribution in [0.5, 0.6) is 0 Å². The van der Waals surface area contributed by atoms with Crippen LogP contribution in [0, 0.1) is 0 Å². The summed E-state index contributed by atoms with van der Waals surface area (Å²) in [5, 5.41) is 24.2. The maximum absolute atomic E-state index is 12.4. The number of unbranched alkanes of at least 4 members (excludes halogenated alkanes) is 1. The lowest BCUT2D eigenvalue weighted by Crippen LogP contribution is -2.31. The molecule has 1 saturated heterocycles. The number of benzene rings is 3. The largest absolute Gasteiger partial charge is 0.397 e. The lowest BCUT2D eigenvalue weighted by molar-refractivity contribution is -0.245. The second kappa shape index (κ2) is 16.4. The van der Waals surface area contributed by atoms with E-state index in [4.69, 9.17) is 15.2 Å². The van der Waals surface area contributed by atoms with E-state index in [0.29, 0.717) is 55.8 Å². The van der Waals surface area contributed by atoms with E-state index >= 15 is 0 Å². The summed E-state index contributed by atoms with van der Waals surface area (Å²) in [5.74, 6) is 0.508. The van der Waals surface area contributed by atoms with Gasteiger partial charge in [-0.1, -0.05) is 72.4 Å². The van der Waals surface area contributed by atoms with Gasteiger partial charge in [0.1, 0.15) is 6.33 Å². The van der Waals surface area contributed by atoms with E-state index in [-0.39, 0.29) is 30.6 Å². The zero-order valence-corrected chi connectivity index (χ0v) is 26.6. The molecule has 1 aliphatic heterocycles. The van der Waals surface area contributed by atoms with Gasteiger partial charge in [-0.25, -0.2) is 0 Å². The number of hydrogen-bond donors (Lipinski definition) is 4. The highest BCUT2D eigenvalue weighted by atomic mass is 32.2. The first-order valence-electron chi connectivity index (χ1n) is 15.3. The van der Waals surface area contributed by atoms with Crippen LogP contribution in [0.2, 0.25) is 0 Å². The fraction of sp³-hybridized carbons (Fsp3) is 0.353. The fourth-order valence-corrected chi connectivity index (χ4v) is 5.98. The van der Waals surface area contributed by atoms with Crippen molar-refractivity contribution < 1.29 is 24.2 Å². The summed E-state index contributed by atoms with van der Waals surface area (Å²) < 4.78 is 14.7. The molecule has 0 bridgehead atoms. The SMILES string of the molecule is Cn1cnnc1SC[C@@H]1C[C@H](c2ccc(CO)cc2)O[C@H](c2ccc(CNC(=O)CCCCC(=O)Nc3ccccc3N)cc2)O1. The average molecular weight is 645 g/mol. The maximum atomic E-state index is 12.4. The van der Waals surface area contributed by atoms with E-state index in [1.54, 1.807) is 30.2 Å². The number of aromatic nitrogens is 3. The first-order chi connectivity index (χ1) is 22.4. The van der Waals surface area contributed by atoms with Gasteiger partial charge in [0.05, 0.1) is 30.2 Å². The molecule has 2 heterocycles. The molecule has 0 unspecified atom stereocenters. The Morgan fingerprint density at radius 2 is 1.65 bits per heavy atom. The highest BCUT2D eigenvalue weighted by Gasteiger charge is 2.32. The summed E-state index contributed by atoms with van der Waals surface area (Å²) in [6.45, 7) is 0.390. The Kier molecular flexibility index (Phi) is 11.8. The molecule has 0 saturated carbocycles. The Morgan fingerprint density at radius 3 is 2.35 bits per heavy atom. The number of amides is 2. The van der Waals surface area contributed by atoms with Gasteiger partial charge in [-0.15, -0.1) is 10.2 Å². The quantitative estimate of drug-likeness (QED) is 0.0840. The average Bonchev–Trinajstić information content (AvgIpc) is 3.50. The number of ether oxygens (including phenoxy) is 2. The number of nitrogen functional groups attached to an aromatic ring is 1. The fourth-order valence-electron chi connectivity index (χ4n) is 5.07. The molecule has 3 aromatic carbocycles. The van der Waals surface area contributed by atoms with Crippen molar-refractivity contribution in [1.29, 1.82) is 0 Å². The molecule has 2 amide bonds. The minimum absolute atomic E-state index is 0.00845. The highest BCUT2D eigenvalue weighted by molar-refractivity contribution is 7.99. The summed E-state index contributed by atoms with van der Waals surface area (Å²) in [7, 11) is 1.91. The molecule has 5 rings (SSSR count). The Hall–Kier alpha value is -4.23. The van der Waals surface area contributed by atoms with Crippen LogP contribution in [-0.2, 0) is 39.3 Å². The molecule has 1 aliphatic rings. The van der Waals surface area contributed by atoms with Crippen molar-refractivity contribution >= 4 is 35.0 Å². The Morgan fingerprint density at radius 1 is 0.957 bits per heavy atom. The molecule has 0 aliphatic carbocycles. The number of nitrogens with zero attached hydrogens (tertiary/aromatic N) is 3. The van der Waals surface area contributed by atoms with Crippen molar-refractivity contribution in [3.63, 3.8) is 0 Å².